The van der Waals surface area contributed by atoms with Crippen molar-refractivity contribution in [3.05, 3.63) is 0 Å². The minimum absolute atomic E-state index is 0. The van der Waals surface area contributed by atoms with Gasteiger partial charge in [0.2, 0.25) is 0 Å². The van der Waals surface area contributed by atoms with E-state index in [1.54, 1.807) is 0 Å². The summed E-state index contributed by atoms with van der Waals surface area (Å²) < 4.78 is 0. The fourth-order valence-corrected chi connectivity index (χ4v) is 0.428. The van der Waals surface area contributed by atoms with Crippen LogP contribution in [0, 0.1) is 0 Å². The van der Waals surface area contributed by atoms with Gasteiger partial charge in [-0.1, -0.05) is 0 Å². The van der Waals surface area contributed by atoms with Gasteiger partial charge in [0.15, 0.2) is 0 Å². The molecule has 0 saturated heterocycles. The predicted molar refractivity (Wildman–Crippen MR) is 84.2 cm³/mol. The Balaban J connectivity index is -0.0000000661. The van der Waals surface area contributed by atoms with Crippen LogP contribution in [0.3, 0.4) is 0 Å². The molecule has 0 radical (unpaired) electrons. The second-order valence-electron chi connectivity index (χ2n) is 3.15. The smallest absolute Gasteiger partial charge is 0.316 e. The Labute approximate surface area is 159 Å². The number of rotatable bonds is 7. The zero-order valence-corrected chi connectivity index (χ0v) is 10.8. The topological polar surface area (TPSA) is 201 Å². The Kier molecular flexibility index (Phi) is 38.0. The third kappa shape index (κ3) is 60.9. The van der Waals surface area contributed by atoms with Crippen LogP contribution in [0.5, 0.6) is 0 Å². The van der Waals surface area contributed by atoms with Crippen LogP contribution < -0.4 is 11.5 Å². The molecule has 0 spiro atoms. The van der Waals surface area contributed by atoms with Crippen LogP contribution in [0.2, 0.25) is 0 Å². The Morgan fingerprint density at radius 1 is 0.545 bits per heavy atom. The first-order valence-electron chi connectivity index (χ1n) is 5.44. The molecule has 0 saturated carbocycles. The molecule has 0 aromatic rings. The maximum Gasteiger partial charge on any atom is 0.316 e. The highest BCUT2D eigenvalue weighted by Gasteiger charge is 2.00. The van der Waals surface area contributed by atoms with E-state index in [4.69, 9.17) is 31.9 Å². The molecule has 0 amide bonds. The van der Waals surface area contributed by atoms with Crippen molar-refractivity contribution in [1.29, 1.82) is 0 Å². The maximum absolute atomic E-state index is 9.64. The first kappa shape index (κ1) is 33.1. The van der Waals surface area contributed by atoms with Crippen LogP contribution in [0.25, 0.3) is 0 Å². The van der Waals surface area contributed by atoms with Gasteiger partial charge in [-0.15, -0.1) is 0 Å². The molecular weight excluding hydrogens is 325 g/mol. The molecule has 0 bridgehead atoms. The quantitative estimate of drug-likeness (QED) is 0.256. The van der Waals surface area contributed by atoms with Gasteiger partial charge < -0.3 is 31.9 Å². The average Bonchev–Trinajstić information content (AvgIpc) is 2.35. The second-order valence-corrected chi connectivity index (χ2v) is 3.15. The summed E-state index contributed by atoms with van der Waals surface area (Å²) in [6.07, 6.45) is -1.19. The SMILES string of the molecule is NCCN.O=C(O)CCC(=O)O.O=C(O)CCC(=O)O.[MgH2].[MgH2]. The molecule has 0 aliphatic carbocycles. The Bertz CT molecular complexity index is 257. The third-order valence-corrected chi connectivity index (χ3v) is 1.27. The van der Waals surface area contributed by atoms with Crippen molar-refractivity contribution in [2.24, 2.45) is 11.5 Å². The summed E-state index contributed by atoms with van der Waals surface area (Å²) in [5, 5.41) is 31.6. The number of carboxylic acid groups (broad SMARTS) is 4. The van der Waals surface area contributed by atoms with Crippen molar-refractivity contribution in [2.75, 3.05) is 13.1 Å². The summed E-state index contributed by atoms with van der Waals surface area (Å²) in [5.74, 6) is -4.31. The van der Waals surface area contributed by atoms with E-state index in [-0.39, 0.29) is 71.8 Å². The van der Waals surface area contributed by atoms with Gasteiger partial charge in [0, 0.05) is 13.1 Å². The molecule has 0 fully saturated rings. The zero-order chi connectivity index (χ0) is 16.6. The van der Waals surface area contributed by atoms with Gasteiger partial charge in [0.05, 0.1) is 25.7 Å². The first-order chi connectivity index (χ1) is 9.17. The predicted octanol–water partition coefficient (Wildman–Crippen LogP) is -3.06. The number of carbonyl (C=O) groups is 4. The molecule has 12 heteroatoms. The normalized spacial score (nSPS) is 7.55. The first-order valence-corrected chi connectivity index (χ1v) is 5.44. The summed E-state index contributed by atoms with van der Waals surface area (Å²) in [6.45, 7) is 1.19. The van der Waals surface area contributed by atoms with Crippen LogP contribution in [0.4, 0.5) is 0 Å². The maximum atomic E-state index is 9.64. The lowest BCUT2D eigenvalue weighted by atomic mass is 10.3. The van der Waals surface area contributed by atoms with E-state index in [2.05, 4.69) is 0 Å². The van der Waals surface area contributed by atoms with Crippen LogP contribution in [-0.2, 0) is 19.2 Å². The summed E-state index contributed by atoms with van der Waals surface area (Å²) >= 11 is 0. The van der Waals surface area contributed by atoms with Crippen LogP contribution >= 0.6 is 0 Å². The molecule has 126 valence electrons. The molecule has 0 aliphatic heterocycles. The van der Waals surface area contributed by atoms with Gasteiger partial charge in [-0.2, -0.15) is 0 Å². The van der Waals surface area contributed by atoms with E-state index in [1.165, 1.54) is 0 Å². The average molecular weight is 349 g/mol. The van der Waals surface area contributed by atoms with Gasteiger partial charge in [-0.05, 0) is 0 Å². The number of aliphatic carboxylic acids is 4. The molecule has 0 atom stereocenters. The van der Waals surface area contributed by atoms with E-state index >= 15 is 0 Å². The van der Waals surface area contributed by atoms with Crippen molar-refractivity contribution >= 4 is 70.0 Å². The molecule has 0 unspecified atom stereocenters. The summed E-state index contributed by atoms with van der Waals surface area (Å²) in [4.78, 5) is 38.6. The van der Waals surface area contributed by atoms with E-state index in [9.17, 15) is 19.2 Å². The molecule has 0 rings (SSSR count). The Morgan fingerprint density at radius 3 is 0.727 bits per heavy atom. The number of hydrogen-bond donors (Lipinski definition) is 6. The van der Waals surface area contributed by atoms with Gasteiger partial charge >= 0.3 is 70.0 Å². The highest BCUT2D eigenvalue weighted by Crippen LogP contribution is 1.86. The standard InChI is InChI=1S/2C4H6O4.C2H8N2.2Mg.4H/c2*5-3(6)1-2-4(7)8;3-1-2-4;;;;;;/h2*1-2H2,(H,5,6)(H,7,8);1-4H2;;;;;;. The van der Waals surface area contributed by atoms with Crippen LogP contribution in [-0.4, -0.2) is 103 Å². The molecule has 0 heterocycles. The summed E-state index contributed by atoms with van der Waals surface area (Å²) in [6, 6.07) is 0. The number of hydrogen-bond acceptors (Lipinski definition) is 6. The molecular formula is C10H24Mg2N2O8. The third-order valence-electron chi connectivity index (χ3n) is 1.27. The monoisotopic (exact) mass is 348 g/mol. The zero-order valence-electron chi connectivity index (χ0n) is 10.8. The lowest BCUT2D eigenvalue weighted by Crippen LogP contribution is -2.11. The van der Waals surface area contributed by atoms with Crippen molar-refractivity contribution in [1.82, 2.24) is 0 Å². The van der Waals surface area contributed by atoms with Crippen LogP contribution in [0.15, 0.2) is 0 Å². The van der Waals surface area contributed by atoms with E-state index in [0.717, 1.165) is 0 Å². The molecule has 0 aromatic heterocycles. The van der Waals surface area contributed by atoms with E-state index in [0.29, 0.717) is 13.1 Å². The van der Waals surface area contributed by atoms with Gasteiger partial charge in [0.1, 0.15) is 0 Å². The van der Waals surface area contributed by atoms with Gasteiger partial charge in [-0.3, -0.25) is 19.2 Å². The lowest BCUT2D eigenvalue weighted by molar-refractivity contribution is -0.143. The molecule has 8 N–H and O–H groups in total. The second kappa shape index (κ2) is 25.3. The van der Waals surface area contributed by atoms with Crippen molar-refractivity contribution in [2.45, 2.75) is 25.7 Å². The summed E-state index contributed by atoms with van der Waals surface area (Å²) in [5.41, 5.74) is 9.81. The Hall–Kier alpha value is -0.668. The summed E-state index contributed by atoms with van der Waals surface area (Å²) in [7, 11) is 0. The molecule has 0 aromatic carbocycles. The number of nitrogens with two attached hydrogens (primary N) is 2. The van der Waals surface area contributed by atoms with Crippen LogP contribution in [0.1, 0.15) is 25.7 Å². The molecule has 22 heavy (non-hydrogen) atoms. The van der Waals surface area contributed by atoms with Gasteiger partial charge in [0.25, 0.3) is 0 Å². The minimum atomic E-state index is -1.08. The largest absolute Gasteiger partial charge is 0.481 e. The highest BCUT2D eigenvalue weighted by atomic mass is 24.3. The lowest BCUT2D eigenvalue weighted by Gasteiger charge is -1.85. The van der Waals surface area contributed by atoms with E-state index in [1.807, 2.05) is 0 Å². The van der Waals surface area contributed by atoms with Crippen molar-refractivity contribution < 1.29 is 39.6 Å². The van der Waals surface area contributed by atoms with E-state index < -0.39 is 23.9 Å². The minimum Gasteiger partial charge on any atom is -0.481 e. The number of carboxylic acids is 4. The van der Waals surface area contributed by atoms with Crippen molar-refractivity contribution in [3.63, 3.8) is 0 Å². The highest BCUT2D eigenvalue weighted by molar-refractivity contribution is 5.76. The molecule has 0 aliphatic rings. The van der Waals surface area contributed by atoms with Gasteiger partial charge in [-0.25, -0.2) is 0 Å². The fraction of sp³-hybridized carbons (Fsp3) is 0.600. The van der Waals surface area contributed by atoms with Crippen molar-refractivity contribution in [3.8, 4) is 0 Å². The fourth-order valence-electron chi connectivity index (χ4n) is 0.428. The molecule has 10 nitrogen and oxygen atoms in total. The Morgan fingerprint density at radius 2 is 0.682 bits per heavy atom.